The predicted octanol–water partition coefficient (Wildman–Crippen LogP) is 5.55. The fourth-order valence-corrected chi connectivity index (χ4v) is 3.44. The zero-order valence-electron chi connectivity index (χ0n) is 20.3. The SMILES string of the molecule is Cc1cc(C(=O)N(C)C(C)CC[N+](C)(C)C)cc(-c2ccc(Oc3ccc(F)cc3)cc2)n1. The molecule has 33 heavy (non-hydrogen) atoms. The first-order valence-corrected chi connectivity index (χ1v) is 11.1. The van der Waals surface area contributed by atoms with Crippen molar-refractivity contribution in [1.29, 1.82) is 0 Å². The molecule has 5 nitrogen and oxygen atoms in total. The van der Waals surface area contributed by atoms with Gasteiger partial charge in [-0.2, -0.15) is 0 Å². The van der Waals surface area contributed by atoms with Crippen LogP contribution in [0.15, 0.2) is 60.7 Å². The van der Waals surface area contributed by atoms with Crippen molar-refractivity contribution in [2.24, 2.45) is 0 Å². The van der Waals surface area contributed by atoms with Crippen LogP contribution in [0.4, 0.5) is 4.39 Å². The monoisotopic (exact) mass is 450 g/mol. The molecule has 174 valence electrons. The number of ether oxygens (including phenoxy) is 1. The Bertz CT molecular complexity index is 1090. The number of rotatable bonds is 8. The highest BCUT2D eigenvalue weighted by Gasteiger charge is 2.21. The van der Waals surface area contributed by atoms with Gasteiger partial charge in [-0.1, -0.05) is 0 Å². The van der Waals surface area contributed by atoms with Gasteiger partial charge in [0.15, 0.2) is 0 Å². The van der Waals surface area contributed by atoms with Crippen molar-refractivity contribution >= 4 is 5.91 Å². The Morgan fingerprint density at radius 3 is 2.18 bits per heavy atom. The first-order chi connectivity index (χ1) is 15.5. The van der Waals surface area contributed by atoms with Crippen LogP contribution in [0.25, 0.3) is 11.3 Å². The van der Waals surface area contributed by atoms with Crippen molar-refractivity contribution in [2.45, 2.75) is 26.3 Å². The zero-order valence-corrected chi connectivity index (χ0v) is 20.3. The van der Waals surface area contributed by atoms with E-state index < -0.39 is 0 Å². The molecule has 0 aliphatic rings. The maximum Gasteiger partial charge on any atom is 0.253 e. The molecule has 1 heterocycles. The zero-order chi connectivity index (χ0) is 24.2. The van der Waals surface area contributed by atoms with Gasteiger partial charge in [-0.3, -0.25) is 9.78 Å². The molecular formula is C27H33FN3O2+. The third kappa shape index (κ3) is 6.86. The number of aryl methyl sites for hydroxylation is 1. The minimum atomic E-state index is -0.304. The minimum Gasteiger partial charge on any atom is -0.457 e. The van der Waals surface area contributed by atoms with E-state index in [0.29, 0.717) is 17.1 Å². The van der Waals surface area contributed by atoms with Crippen LogP contribution < -0.4 is 4.74 Å². The summed E-state index contributed by atoms with van der Waals surface area (Å²) in [6.45, 7) is 4.97. The van der Waals surface area contributed by atoms with Crippen molar-refractivity contribution in [2.75, 3.05) is 34.7 Å². The lowest BCUT2D eigenvalue weighted by atomic mass is 10.1. The third-order valence-corrected chi connectivity index (χ3v) is 5.60. The summed E-state index contributed by atoms with van der Waals surface area (Å²) in [7, 11) is 8.33. The van der Waals surface area contributed by atoms with E-state index >= 15 is 0 Å². The Balaban J connectivity index is 1.75. The van der Waals surface area contributed by atoms with Crippen molar-refractivity contribution in [1.82, 2.24) is 9.88 Å². The number of carbonyl (C=O) groups is 1. The highest BCUT2D eigenvalue weighted by atomic mass is 19.1. The second kappa shape index (κ2) is 10.1. The van der Waals surface area contributed by atoms with Gasteiger partial charge in [0.2, 0.25) is 0 Å². The quantitative estimate of drug-likeness (QED) is 0.423. The van der Waals surface area contributed by atoms with Crippen molar-refractivity contribution in [3.63, 3.8) is 0 Å². The van der Waals surface area contributed by atoms with Gasteiger partial charge in [0, 0.05) is 36.3 Å². The lowest BCUT2D eigenvalue weighted by Crippen LogP contribution is -2.41. The van der Waals surface area contributed by atoms with E-state index in [4.69, 9.17) is 4.74 Å². The summed E-state index contributed by atoms with van der Waals surface area (Å²) in [6.07, 6.45) is 0.929. The molecule has 0 saturated heterocycles. The number of hydrogen-bond donors (Lipinski definition) is 0. The van der Waals surface area contributed by atoms with Crippen LogP contribution in [0.2, 0.25) is 0 Å². The van der Waals surface area contributed by atoms with Gasteiger partial charge in [0.1, 0.15) is 17.3 Å². The molecule has 1 aromatic heterocycles. The molecule has 0 spiro atoms. The van der Waals surface area contributed by atoms with E-state index in [9.17, 15) is 9.18 Å². The van der Waals surface area contributed by atoms with E-state index in [-0.39, 0.29) is 17.8 Å². The Morgan fingerprint density at radius 2 is 1.61 bits per heavy atom. The van der Waals surface area contributed by atoms with Gasteiger partial charge in [-0.25, -0.2) is 4.39 Å². The normalized spacial score (nSPS) is 12.3. The van der Waals surface area contributed by atoms with Crippen molar-refractivity contribution in [3.8, 4) is 22.8 Å². The number of pyridine rings is 1. The number of halogens is 1. The number of quaternary nitrogens is 1. The minimum absolute atomic E-state index is 0.00748. The molecule has 0 bridgehead atoms. The van der Waals surface area contributed by atoms with Gasteiger partial charge in [0.05, 0.1) is 33.4 Å². The van der Waals surface area contributed by atoms with Crippen LogP contribution in [-0.4, -0.2) is 61.1 Å². The largest absolute Gasteiger partial charge is 0.457 e. The molecule has 0 saturated carbocycles. The van der Waals surface area contributed by atoms with Crippen LogP contribution in [-0.2, 0) is 0 Å². The summed E-state index contributed by atoms with van der Waals surface area (Å²) in [5, 5.41) is 0. The van der Waals surface area contributed by atoms with Crippen LogP contribution in [0, 0.1) is 12.7 Å². The number of aromatic nitrogens is 1. The van der Waals surface area contributed by atoms with Gasteiger partial charge in [0.25, 0.3) is 5.91 Å². The standard InChI is InChI=1S/C27H33FN3O2/c1-19-17-22(27(32)30(3)20(2)15-16-31(4,5)6)18-26(29-19)21-7-11-24(12-8-21)33-25-13-9-23(28)10-14-25/h7-14,17-18,20H,15-16H2,1-6H3/q+1. The third-order valence-electron chi connectivity index (χ3n) is 5.60. The Labute approximate surface area is 196 Å². The predicted molar refractivity (Wildman–Crippen MR) is 130 cm³/mol. The van der Waals surface area contributed by atoms with Crippen molar-refractivity contribution in [3.05, 3.63) is 77.7 Å². The number of nitrogens with zero attached hydrogens (tertiary/aromatic N) is 3. The molecule has 3 aromatic rings. The van der Waals surface area contributed by atoms with Crippen molar-refractivity contribution < 1.29 is 18.4 Å². The fourth-order valence-electron chi connectivity index (χ4n) is 3.44. The molecule has 3 rings (SSSR count). The topological polar surface area (TPSA) is 42.4 Å². The number of amides is 1. The second-order valence-electron chi connectivity index (χ2n) is 9.53. The number of carbonyl (C=O) groups excluding carboxylic acids is 1. The molecule has 6 heteroatoms. The summed E-state index contributed by atoms with van der Waals surface area (Å²) >= 11 is 0. The fraction of sp³-hybridized carbons (Fsp3) is 0.333. The molecule has 1 amide bonds. The van der Waals surface area contributed by atoms with Gasteiger partial charge >= 0.3 is 0 Å². The second-order valence-corrected chi connectivity index (χ2v) is 9.53. The Morgan fingerprint density at radius 1 is 1.03 bits per heavy atom. The Hall–Kier alpha value is -3.25. The highest BCUT2D eigenvalue weighted by molar-refractivity contribution is 5.95. The first kappa shape index (κ1) is 24.4. The molecule has 0 aliphatic carbocycles. The molecule has 0 fully saturated rings. The first-order valence-electron chi connectivity index (χ1n) is 11.1. The summed E-state index contributed by atoms with van der Waals surface area (Å²) in [5.74, 6) is 0.891. The van der Waals surface area contributed by atoms with Gasteiger partial charge < -0.3 is 14.1 Å². The maximum atomic E-state index is 13.2. The molecule has 1 atom stereocenters. The molecular weight excluding hydrogens is 417 g/mol. The van der Waals surface area contributed by atoms with Crippen LogP contribution >= 0.6 is 0 Å². The Kier molecular flexibility index (Phi) is 7.49. The summed E-state index contributed by atoms with van der Waals surface area (Å²) in [4.78, 5) is 19.6. The van der Waals surface area contributed by atoms with E-state index in [1.54, 1.807) is 12.1 Å². The van der Waals surface area contributed by atoms with E-state index in [1.165, 1.54) is 12.1 Å². The number of hydrogen-bond acceptors (Lipinski definition) is 3. The highest BCUT2D eigenvalue weighted by Crippen LogP contribution is 2.26. The van der Waals surface area contributed by atoms with Gasteiger partial charge in [-0.05, 0) is 74.5 Å². The molecule has 0 radical (unpaired) electrons. The van der Waals surface area contributed by atoms with Crippen LogP contribution in [0.1, 0.15) is 29.4 Å². The molecule has 0 aliphatic heterocycles. The van der Waals surface area contributed by atoms with Gasteiger partial charge in [-0.15, -0.1) is 0 Å². The maximum absolute atomic E-state index is 13.2. The van der Waals surface area contributed by atoms with E-state index in [0.717, 1.165) is 34.4 Å². The molecule has 2 aromatic carbocycles. The summed E-state index contributed by atoms with van der Waals surface area (Å²) < 4.78 is 19.7. The lowest BCUT2D eigenvalue weighted by Gasteiger charge is -2.29. The lowest BCUT2D eigenvalue weighted by molar-refractivity contribution is -0.870. The van der Waals surface area contributed by atoms with Crippen LogP contribution in [0.3, 0.4) is 0 Å². The van der Waals surface area contributed by atoms with E-state index in [2.05, 4.69) is 33.1 Å². The summed E-state index contributed by atoms with van der Waals surface area (Å²) in [5.41, 5.74) is 3.04. The smallest absolute Gasteiger partial charge is 0.253 e. The van der Waals surface area contributed by atoms with E-state index in [1.807, 2.05) is 55.3 Å². The summed E-state index contributed by atoms with van der Waals surface area (Å²) in [6, 6.07) is 17.2. The molecule has 1 unspecified atom stereocenters. The molecule has 0 N–H and O–H groups in total. The number of benzene rings is 2. The van der Waals surface area contributed by atoms with Crippen LogP contribution in [0.5, 0.6) is 11.5 Å². The average Bonchev–Trinajstić information content (AvgIpc) is 2.77. The average molecular weight is 451 g/mol.